The van der Waals surface area contributed by atoms with Gasteiger partial charge >= 0.3 is 0 Å². The second kappa shape index (κ2) is 9.71. The van der Waals surface area contributed by atoms with Gasteiger partial charge in [-0.25, -0.2) is 0 Å². The number of ether oxygens (including phenoxy) is 1. The Bertz CT molecular complexity index is 1030. The highest BCUT2D eigenvalue weighted by molar-refractivity contribution is 7.99. The third-order valence-electron chi connectivity index (χ3n) is 3.91. The average Bonchev–Trinajstić information content (AvgIpc) is 3.05. The summed E-state index contributed by atoms with van der Waals surface area (Å²) in [6.07, 6.45) is -0.405. The van der Waals surface area contributed by atoms with E-state index in [4.69, 9.17) is 39.5 Å². The Morgan fingerprint density at radius 2 is 1.93 bits per heavy atom. The molecule has 0 fully saturated rings. The summed E-state index contributed by atoms with van der Waals surface area (Å²) < 4.78 is 7.66. The van der Waals surface area contributed by atoms with Gasteiger partial charge < -0.3 is 14.6 Å². The molecule has 29 heavy (non-hydrogen) atoms. The smallest absolute Gasteiger partial charge is 0.234 e. The van der Waals surface area contributed by atoms with Gasteiger partial charge in [-0.05, 0) is 37.3 Å². The lowest BCUT2D eigenvalue weighted by Gasteiger charge is -2.15. The lowest BCUT2D eigenvalue weighted by molar-refractivity contribution is -0.113. The Balaban J connectivity index is 1.61. The molecule has 2 aromatic carbocycles. The average molecular weight is 472 g/mol. The Morgan fingerprint density at radius 3 is 2.66 bits per heavy atom. The molecule has 0 saturated carbocycles. The summed E-state index contributed by atoms with van der Waals surface area (Å²) in [5.41, 5.74) is 0.570. The number of thioether (sulfide) groups is 1. The zero-order chi connectivity index (χ0) is 21.0. The standard InChI is InChI=1S/C19H17Cl3N4O2S/c1-11(28-16-8-7-12(20)9-14(16)22)18-24-25-19(26(18)2)29-10-17(27)23-15-6-4-3-5-13(15)21/h3-9,11H,10H2,1-2H3,(H,23,27). The molecule has 152 valence electrons. The zero-order valence-corrected chi connectivity index (χ0v) is 18.6. The highest BCUT2D eigenvalue weighted by atomic mass is 35.5. The number of hydrogen-bond acceptors (Lipinski definition) is 5. The van der Waals surface area contributed by atoms with Crippen molar-refractivity contribution in [2.75, 3.05) is 11.1 Å². The van der Waals surface area contributed by atoms with Crippen molar-refractivity contribution in [2.24, 2.45) is 7.05 Å². The van der Waals surface area contributed by atoms with Crippen molar-refractivity contribution in [2.45, 2.75) is 18.2 Å². The lowest BCUT2D eigenvalue weighted by Crippen LogP contribution is -2.15. The maximum absolute atomic E-state index is 12.2. The molecule has 0 radical (unpaired) electrons. The van der Waals surface area contributed by atoms with Crippen LogP contribution in [0.4, 0.5) is 5.69 Å². The molecule has 3 aromatic rings. The fourth-order valence-corrected chi connectivity index (χ4v) is 3.85. The summed E-state index contributed by atoms with van der Waals surface area (Å²) in [4.78, 5) is 12.2. The van der Waals surface area contributed by atoms with Crippen molar-refractivity contribution < 1.29 is 9.53 Å². The number of amides is 1. The van der Waals surface area contributed by atoms with Crippen LogP contribution in [0, 0.1) is 0 Å². The molecule has 0 saturated heterocycles. The number of nitrogens with one attached hydrogen (secondary N) is 1. The molecule has 1 atom stereocenters. The maximum atomic E-state index is 12.2. The molecule has 0 aliphatic rings. The van der Waals surface area contributed by atoms with Gasteiger partial charge in [-0.15, -0.1) is 10.2 Å². The SMILES string of the molecule is CC(Oc1ccc(Cl)cc1Cl)c1nnc(SCC(=O)Nc2ccccc2Cl)n1C. The molecule has 0 aliphatic carbocycles. The number of rotatable bonds is 7. The molecular formula is C19H17Cl3N4O2S. The lowest BCUT2D eigenvalue weighted by atomic mass is 10.3. The van der Waals surface area contributed by atoms with Gasteiger partial charge in [0.1, 0.15) is 5.75 Å². The monoisotopic (exact) mass is 470 g/mol. The predicted octanol–water partition coefficient (Wildman–Crippen LogP) is 5.65. The molecule has 10 heteroatoms. The van der Waals surface area contributed by atoms with Crippen molar-refractivity contribution in [3.63, 3.8) is 0 Å². The van der Waals surface area contributed by atoms with Crippen molar-refractivity contribution in [3.05, 3.63) is 63.4 Å². The molecule has 3 rings (SSSR count). The number of hydrogen-bond donors (Lipinski definition) is 1. The van der Waals surface area contributed by atoms with Gasteiger partial charge in [0.25, 0.3) is 0 Å². The summed E-state index contributed by atoms with van der Waals surface area (Å²) in [5, 5.41) is 13.1. The number of para-hydroxylation sites is 1. The first-order valence-electron chi connectivity index (χ1n) is 8.53. The molecule has 1 unspecified atom stereocenters. The summed E-state index contributed by atoms with van der Waals surface area (Å²) in [6, 6.07) is 12.1. The Labute approximate surface area is 187 Å². The van der Waals surface area contributed by atoms with E-state index < -0.39 is 6.10 Å². The second-order valence-corrected chi connectivity index (χ2v) is 8.24. The normalized spacial score (nSPS) is 11.9. The van der Waals surface area contributed by atoms with Crippen LogP contribution in [0.2, 0.25) is 15.1 Å². The molecule has 0 spiro atoms. The summed E-state index contributed by atoms with van der Waals surface area (Å²) in [5.74, 6) is 1.07. The third kappa shape index (κ3) is 5.57. The van der Waals surface area contributed by atoms with Gasteiger partial charge in [0.05, 0.1) is 21.5 Å². The van der Waals surface area contributed by atoms with Gasteiger partial charge in [-0.2, -0.15) is 0 Å². The summed E-state index contributed by atoms with van der Waals surface area (Å²) in [7, 11) is 1.81. The molecule has 0 bridgehead atoms. The van der Waals surface area contributed by atoms with Crippen LogP contribution in [0.25, 0.3) is 0 Å². The molecule has 6 nitrogen and oxygen atoms in total. The van der Waals surface area contributed by atoms with Crippen molar-refractivity contribution in [1.82, 2.24) is 14.8 Å². The van der Waals surface area contributed by atoms with E-state index in [-0.39, 0.29) is 11.7 Å². The first-order chi connectivity index (χ1) is 13.8. The van der Waals surface area contributed by atoms with Gasteiger partial charge in [0.15, 0.2) is 17.1 Å². The molecule has 1 heterocycles. The van der Waals surface area contributed by atoms with Crippen molar-refractivity contribution in [1.29, 1.82) is 0 Å². The molecule has 1 aromatic heterocycles. The van der Waals surface area contributed by atoms with Gasteiger partial charge in [0, 0.05) is 12.1 Å². The number of halogens is 3. The quantitative estimate of drug-likeness (QED) is 0.451. The fourth-order valence-electron chi connectivity index (χ4n) is 2.50. The minimum absolute atomic E-state index is 0.162. The molecule has 0 aliphatic heterocycles. The number of nitrogens with zero attached hydrogens (tertiary/aromatic N) is 3. The van der Waals surface area contributed by atoms with Crippen LogP contribution in [0.15, 0.2) is 47.6 Å². The Hall–Kier alpha value is -1.93. The van der Waals surface area contributed by atoms with Crippen LogP contribution in [0.1, 0.15) is 18.9 Å². The van der Waals surface area contributed by atoms with E-state index in [1.807, 2.05) is 14.0 Å². The first-order valence-corrected chi connectivity index (χ1v) is 10.6. The van der Waals surface area contributed by atoms with Gasteiger partial charge in [-0.1, -0.05) is 58.7 Å². The fraction of sp³-hybridized carbons (Fsp3) is 0.211. The van der Waals surface area contributed by atoms with E-state index in [2.05, 4.69) is 15.5 Å². The largest absolute Gasteiger partial charge is 0.481 e. The topological polar surface area (TPSA) is 69.0 Å². The van der Waals surface area contributed by atoms with E-state index in [9.17, 15) is 4.79 Å². The zero-order valence-electron chi connectivity index (χ0n) is 15.5. The predicted molar refractivity (Wildman–Crippen MR) is 117 cm³/mol. The van der Waals surface area contributed by atoms with E-state index in [0.717, 1.165) is 0 Å². The van der Waals surface area contributed by atoms with Gasteiger partial charge in [0.2, 0.25) is 5.91 Å². The molecular weight excluding hydrogens is 455 g/mol. The summed E-state index contributed by atoms with van der Waals surface area (Å²) in [6.45, 7) is 1.84. The number of aromatic nitrogens is 3. The third-order valence-corrected chi connectivity index (χ3v) is 5.79. The van der Waals surface area contributed by atoms with E-state index in [0.29, 0.717) is 37.5 Å². The van der Waals surface area contributed by atoms with Crippen molar-refractivity contribution in [3.8, 4) is 5.75 Å². The highest BCUT2D eigenvalue weighted by Gasteiger charge is 2.19. The number of anilines is 1. The minimum atomic E-state index is -0.405. The first kappa shape index (κ1) is 21.8. The van der Waals surface area contributed by atoms with Crippen LogP contribution in [0.5, 0.6) is 5.75 Å². The second-order valence-electron chi connectivity index (χ2n) is 6.05. The Kier molecular flexibility index (Phi) is 7.29. The molecule has 1 N–H and O–H groups in total. The van der Waals surface area contributed by atoms with E-state index in [1.165, 1.54) is 11.8 Å². The van der Waals surface area contributed by atoms with Crippen LogP contribution >= 0.6 is 46.6 Å². The Morgan fingerprint density at radius 1 is 1.17 bits per heavy atom. The van der Waals surface area contributed by atoms with E-state index in [1.54, 1.807) is 47.0 Å². The van der Waals surface area contributed by atoms with Crippen molar-refractivity contribution >= 4 is 58.2 Å². The minimum Gasteiger partial charge on any atom is -0.481 e. The van der Waals surface area contributed by atoms with Crippen LogP contribution in [-0.2, 0) is 11.8 Å². The van der Waals surface area contributed by atoms with Gasteiger partial charge in [-0.3, -0.25) is 4.79 Å². The number of carbonyl (C=O) groups excluding carboxylic acids is 1. The maximum Gasteiger partial charge on any atom is 0.234 e. The number of carbonyl (C=O) groups is 1. The highest BCUT2D eigenvalue weighted by Crippen LogP contribution is 2.31. The van der Waals surface area contributed by atoms with Crippen LogP contribution in [-0.4, -0.2) is 26.4 Å². The molecule has 1 amide bonds. The number of benzene rings is 2. The van der Waals surface area contributed by atoms with Crippen LogP contribution < -0.4 is 10.1 Å². The summed E-state index contributed by atoms with van der Waals surface area (Å²) >= 11 is 19.4. The van der Waals surface area contributed by atoms with E-state index >= 15 is 0 Å². The van der Waals surface area contributed by atoms with Crippen LogP contribution in [0.3, 0.4) is 0 Å².